The van der Waals surface area contributed by atoms with Gasteiger partial charge >= 0.3 is 0 Å². The van der Waals surface area contributed by atoms with E-state index in [-0.39, 0.29) is 12.0 Å². The molecule has 22 heavy (non-hydrogen) atoms. The number of carbonyl (C=O) groups is 1. The van der Waals surface area contributed by atoms with Crippen molar-refractivity contribution in [1.82, 2.24) is 14.9 Å². The van der Waals surface area contributed by atoms with Crippen molar-refractivity contribution < 1.29 is 9.53 Å². The summed E-state index contributed by atoms with van der Waals surface area (Å²) in [6.45, 7) is 5.02. The predicted molar refractivity (Wildman–Crippen MR) is 87.2 cm³/mol. The van der Waals surface area contributed by atoms with Crippen molar-refractivity contribution in [3.63, 3.8) is 0 Å². The number of hydrogen-bond acceptors (Lipinski definition) is 5. The van der Waals surface area contributed by atoms with Crippen LogP contribution in [-0.4, -0.2) is 34.4 Å². The van der Waals surface area contributed by atoms with E-state index in [4.69, 9.17) is 16.3 Å². The van der Waals surface area contributed by atoms with Gasteiger partial charge in [-0.2, -0.15) is 0 Å². The molecule has 0 aliphatic carbocycles. The number of ether oxygens (including phenoxy) is 1. The first-order chi connectivity index (χ1) is 10.5. The second-order valence-corrected chi connectivity index (χ2v) is 6.08. The molecule has 0 bridgehead atoms. The zero-order chi connectivity index (χ0) is 16.1. The molecule has 118 valence electrons. The third kappa shape index (κ3) is 4.25. The van der Waals surface area contributed by atoms with Crippen LogP contribution in [0.2, 0.25) is 5.15 Å². The topological polar surface area (TPSA) is 55.3 Å². The highest BCUT2D eigenvalue weighted by atomic mass is 35.5. The van der Waals surface area contributed by atoms with Crippen LogP contribution < -0.4 is 0 Å². The highest BCUT2D eigenvalue weighted by Gasteiger charge is 2.16. The van der Waals surface area contributed by atoms with Crippen LogP contribution in [0.15, 0.2) is 23.7 Å². The van der Waals surface area contributed by atoms with E-state index in [2.05, 4.69) is 9.97 Å². The quantitative estimate of drug-likeness (QED) is 0.755. The molecule has 2 aromatic heterocycles. The average Bonchev–Trinajstić information content (AvgIpc) is 2.95. The summed E-state index contributed by atoms with van der Waals surface area (Å²) in [4.78, 5) is 22.3. The predicted octanol–water partition coefficient (Wildman–Crippen LogP) is 3.56. The maximum atomic E-state index is 12.3. The molecule has 0 spiro atoms. The number of halogens is 1. The first-order valence-electron chi connectivity index (χ1n) is 6.94. The Hall–Kier alpha value is -1.50. The second-order valence-electron chi connectivity index (χ2n) is 4.80. The molecule has 0 unspecified atom stereocenters. The summed E-state index contributed by atoms with van der Waals surface area (Å²) in [5, 5.41) is 3.18. The molecule has 2 aromatic rings. The van der Waals surface area contributed by atoms with Crippen LogP contribution in [0.3, 0.4) is 0 Å². The molecule has 0 radical (unpaired) electrons. The van der Waals surface area contributed by atoms with Gasteiger partial charge in [-0.1, -0.05) is 11.6 Å². The third-order valence-electron chi connectivity index (χ3n) is 3.05. The van der Waals surface area contributed by atoms with Crippen LogP contribution in [0, 0.1) is 0 Å². The number of thiazole rings is 1. The van der Waals surface area contributed by atoms with Crippen molar-refractivity contribution in [3.05, 3.63) is 45.1 Å². The molecule has 1 amide bonds. The molecule has 0 N–H and O–H groups in total. The summed E-state index contributed by atoms with van der Waals surface area (Å²) < 4.78 is 5.52. The fraction of sp³-hybridized carbons (Fsp3) is 0.400. The van der Waals surface area contributed by atoms with Gasteiger partial charge < -0.3 is 9.64 Å². The van der Waals surface area contributed by atoms with E-state index in [9.17, 15) is 4.79 Å². The lowest BCUT2D eigenvalue weighted by Gasteiger charge is -2.16. The van der Waals surface area contributed by atoms with E-state index in [1.807, 2.05) is 19.2 Å². The number of carbonyl (C=O) groups excluding carboxylic acids is 1. The van der Waals surface area contributed by atoms with Crippen LogP contribution >= 0.6 is 22.9 Å². The van der Waals surface area contributed by atoms with Crippen LogP contribution in [0.5, 0.6) is 0 Å². The van der Waals surface area contributed by atoms with Gasteiger partial charge in [0.2, 0.25) is 0 Å². The molecule has 0 saturated carbocycles. The Morgan fingerprint density at radius 2 is 2.32 bits per heavy atom. The SMILES string of the molecule is CCO[C@@H](C)c1nc(CN(C)C(=O)c2ccnc(Cl)c2)cs1. The van der Waals surface area contributed by atoms with Crippen LogP contribution in [0.25, 0.3) is 0 Å². The first-order valence-corrected chi connectivity index (χ1v) is 8.20. The second kappa shape index (κ2) is 7.67. The molecule has 7 heteroatoms. The molecule has 0 aliphatic heterocycles. The fourth-order valence-corrected chi connectivity index (χ4v) is 2.96. The lowest BCUT2D eigenvalue weighted by atomic mass is 10.2. The summed E-state index contributed by atoms with van der Waals surface area (Å²) in [7, 11) is 1.74. The Bertz CT molecular complexity index is 647. The molecule has 0 aliphatic rings. The summed E-state index contributed by atoms with van der Waals surface area (Å²) in [5.74, 6) is -0.114. The summed E-state index contributed by atoms with van der Waals surface area (Å²) in [6.07, 6.45) is 1.50. The Balaban J connectivity index is 2.02. The summed E-state index contributed by atoms with van der Waals surface area (Å²) in [5.41, 5.74) is 1.36. The fourth-order valence-electron chi connectivity index (χ4n) is 1.97. The van der Waals surface area contributed by atoms with Gasteiger partial charge in [-0.25, -0.2) is 9.97 Å². The van der Waals surface area contributed by atoms with E-state index >= 15 is 0 Å². The van der Waals surface area contributed by atoms with Gasteiger partial charge in [-0.3, -0.25) is 4.79 Å². The van der Waals surface area contributed by atoms with Crippen molar-refractivity contribution in [1.29, 1.82) is 0 Å². The van der Waals surface area contributed by atoms with Crippen molar-refractivity contribution in [3.8, 4) is 0 Å². The van der Waals surface area contributed by atoms with Gasteiger partial charge in [-0.15, -0.1) is 11.3 Å². The van der Waals surface area contributed by atoms with E-state index in [1.54, 1.807) is 35.4 Å². The molecule has 0 fully saturated rings. The highest BCUT2D eigenvalue weighted by Crippen LogP contribution is 2.22. The average molecular weight is 340 g/mol. The smallest absolute Gasteiger partial charge is 0.254 e. The maximum Gasteiger partial charge on any atom is 0.254 e. The van der Waals surface area contributed by atoms with Crippen LogP contribution in [0.1, 0.15) is 41.0 Å². The van der Waals surface area contributed by atoms with Crippen LogP contribution in [0.4, 0.5) is 0 Å². The highest BCUT2D eigenvalue weighted by molar-refractivity contribution is 7.09. The Kier molecular flexibility index (Phi) is 5.88. The summed E-state index contributed by atoms with van der Waals surface area (Å²) in [6, 6.07) is 3.21. The number of aromatic nitrogens is 2. The summed E-state index contributed by atoms with van der Waals surface area (Å²) >= 11 is 7.36. The molecule has 0 aromatic carbocycles. The van der Waals surface area contributed by atoms with Gasteiger partial charge in [0.25, 0.3) is 5.91 Å². The van der Waals surface area contributed by atoms with E-state index < -0.39 is 0 Å². The van der Waals surface area contributed by atoms with Gasteiger partial charge in [0.15, 0.2) is 0 Å². The van der Waals surface area contributed by atoms with Crippen molar-refractivity contribution in [2.45, 2.75) is 26.5 Å². The van der Waals surface area contributed by atoms with Gasteiger partial charge in [0, 0.05) is 30.8 Å². The largest absolute Gasteiger partial charge is 0.372 e. The lowest BCUT2D eigenvalue weighted by molar-refractivity contribution is 0.0756. The number of nitrogens with zero attached hydrogens (tertiary/aromatic N) is 3. The molecule has 5 nitrogen and oxygen atoms in total. The molecule has 1 atom stereocenters. The van der Waals surface area contributed by atoms with E-state index in [0.29, 0.717) is 23.9 Å². The number of amides is 1. The number of rotatable bonds is 6. The third-order valence-corrected chi connectivity index (χ3v) is 4.31. The Morgan fingerprint density at radius 1 is 1.55 bits per heavy atom. The Labute approximate surface area is 138 Å². The van der Waals surface area contributed by atoms with Gasteiger partial charge in [0.05, 0.1) is 12.2 Å². The Morgan fingerprint density at radius 3 is 3.00 bits per heavy atom. The van der Waals surface area contributed by atoms with Crippen LogP contribution in [-0.2, 0) is 11.3 Å². The van der Waals surface area contributed by atoms with Crippen molar-refractivity contribution >= 4 is 28.8 Å². The monoisotopic (exact) mass is 339 g/mol. The zero-order valence-corrected chi connectivity index (χ0v) is 14.3. The molecular formula is C15H18ClN3O2S. The van der Waals surface area contributed by atoms with E-state index in [1.165, 1.54) is 6.20 Å². The minimum Gasteiger partial charge on any atom is -0.372 e. The minimum atomic E-state index is -0.114. The molecule has 0 saturated heterocycles. The van der Waals surface area contributed by atoms with Crippen molar-refractivity contribution in [2.24, 2.45) is 0 Å². The van der Waals surface area contributed by atoms with E-state index in [0.717, 1.165) is 10.7 Å². The zero-order valence-electron chi connectivity index (χ0n) is 12.7. The molecule has 2 rings (SSSR count). The molecular weight excluding hydrogens is 322 g/mol. The molecule has 2 heterocycles. The number of hydrogen-bond donors (Lipinski definition) is 0. The normalized spacial score (nSPS) is 12.2. The standard InChI is InChI=1S/C15H18ClN3O2S/c1-4-21-10(2)14-18-12(9-22-14)8-19(3)15(20)11-5-6-17-13(16)7-11/h5-7,9-10H,4,8H2,1-3H3/t10-/m0/s1. The number of pyridine rings is 1. The minimum absolute atomic E-state index is 0.0243. The first kappa shape index (κ1) is 16.9. The lowest BCUT2D eigenvalue weighted by Crippen LogP contribution is -2.26. The van der Waals surface area contributed by atoms with Gasteiger partial charge in [-0.05, 0) is 26.0 Å². The van der Waals surface area contributed by atoms with Crippen molar-refractivity contribution in [2.75, 3.05) is 13.7 Å². The van der Waals surface area contributed by atoms with Gasteiger partial charge in [0.1, 0.15) is 16.3 Å². The maximum absolute atomic E-state index is 12.3.